The second-order valence-electron chi connectivity index (χ2n) is 8.22. The number of hydrogen-bond acceptors (Lipinski definition) is 1. The Labute approximate surface area is 222 Å². The summed E-state index contributed by atoms with van der Waals surface area (Å²) in [4.78, 5) is 0. The molecule has 31 heteroatoms. The third-order valence-electron chi connectivity index (χ3n) is 5.93. The molecule has 0 aromatic rings. The van der Waals surface area contributed by atoms with E-state index in [-0.39, 0.29) is 0 Å². The minimum atomic E-state index is -1.06. The van der Waals surface area contributed by atoms with E-state index in [1.165, 1.54) is 6.05 Å². The van der Waals surface area contributed by atoms with Crippen molar-refractivity contribution in [3.05, 3.63) is 0 Å². The van der Waals surface area contributed by atoms with Crippen LogP contribution in [0.3, 0.4) is 0 Å². The van der Waals surface area contributed by atoms with Crippen LogP contribution in [-0.4, -0.2) is 211 Å². The van der Waals surface area contributed by atoms with Crippen LogP contribution in [0.5, 0.6) is 0 Å². The predicted octanol–water partition coefficient (Wildman–Crippen LogP) is -10.8. The molecule has 0 amide bonds. The summed E-state index contributed by atoms with van der Waals surface area (Å²) in [6.45, 7) is 0. The summed E-state index contributed by atoms with van der Waals surface area (Å²) < 4.78 is 0. The first kappa shape index (κ1) is 33.2. The first-order valence-electron chi connectivity index (χ1n) is 9.90. The van der Waals surface area contributed by atoms with E-state index in [1.807, 2.05) is 0 Å². The molecule has 96 valence electrons. The van der Waals surface area contributed by atoms with E-state index < -0.39 is 89.4 Å². The molecular weight excluding hydrogens is 356 g/mol. The summed E-state index contributed by atoms with van der Waals surface area (Å²) in [6.07, 6.45) is -13.3. The predicted molar refractivity (Wildman–Crippen MR) is 180 cm³/mol. The van der Waals surface area contributed by atoms with Crippen LogP contribution >= 0.6 is 12.1 Å². The van der Waals surface area contributed by atoms with Crippen molar-refractivity contribution in [3.63, 3.8) is 0 Å². The van der Waals surface area contributed by atoms with Crippen molar-refractivity contribution in [1.29, 1.82) is 0 Å². The summed E-state index contributed by atoms with van der Waals surface area (Å²) in [5, 5.41) is 0. The Balaban J connectivity index is 7.26. The van der Waals surface area contributed by atoms with E-state index in [9.17, 15) is 0 Å². The summed E-state index contributed by atoms with van der Waals surface area (Å²) in [6, 6.07) is 1.29. The van der Waals surface area contributed by atoms with Crippen molar-refractivity contribution in [2.24, 2.45) is 0 Å². The Bertz CT molecular complexity index is 441. The van der Waals surface area contributed by atoms with Gasteiger partial charge in [0.25, 0.3) is 0 Å². The summed E-state index contributed by atoms with van der Waals surface area (Å²) in [5.74, 6) is 0. The molecule has 0 aliphatic carbocycles. The van der Waals surface area contributed by atoms with E-state index in [4.69, 9.17) is 128 Å². The normalized spacial score (nSPS) is 9.29. The Morgan fingerprint density at radius 3 is 0.677 bits per heavy atom. The van der Waals surface area contributed by atoms with Crippen LogP contribution in [0.2, 0.25) is 0 Å². The van der Waals surface area contributed by atoms with Crippen LogP contribution < -0.4 is 0 Å². The van der Waals surface area contributed by atoms with Gasteiger partial charge in [-0.05, 0) is 0 Å². The second kappa shape index (κ2) is 15.3. The zero-order valence-electron chi connectivity index (χ0n) is 17.7. The van der Waals surface area contributed by atoms with Crippen LogP contribution in [0.25, 0.3) is 0 Å². The van der Waals surface area contributed by atoms with Crippen molar-refractivity contribution in [2.45, 2.75) is 0 Å². The molecule has 0 aliphatic rings. The van der Waals surface area contributed by atoms with E-state index in [0.29, 0.717) is 0 Å². The SMILES string of the molecule is [B]B([B])B(B([B])[B])B(B(B([B])[B])B([B])[B])B(B(B([B])[B])B([B])[B])B(B([B])[B])B([B])B=S. The molecule has 0 atom stereocenters. The Morgan fingerprint density at radius 2 is 0.516 bits per heavy atom. The average Bonchev–Trinajstić information content (AvgIpc) is 2.57. The topological polar surface area (TPSA) is 0 Å². The fraction of sp³-hybridized carbons (Fsp3) is 0. The molecule has 31 heavy (non-hydrogen) atoms. The van der Waals surface area contributed by atoms with E-state index >= 15 is 0 Å². The van der Waals surface area contributed by atoms with Gasteiger partial charge >= 0.3 is 224 Å². The van der Waals surface area contributed by atoms with Gasteiger partial charge in [-0.3, -0.25) is 0 Å². The van der Waals surface area contributed by atoms with Crippen LogP contribution in [0.15, 0.2) is 0 Å². The van der Waals surface area contributed by atoms with Crippen molar-refractivity contribution in [2.75, 3.05) is 0 Å². The molecule has 0 saturated heterocycles. The number of rotatable bonds is 14. The Hall–Kier alpha value is 2.17. The molecule has 0 spiro atoms. The van der Waals surface area contributed by atoms with Crippen LogP contribution in [0.1, 0.15) is 0 Å². The van der Waals surface area contributed by atoms with Gasteiger partial charge in [0.1, 0.15) is 0 Å². The first-order chi connectivity index (χ1) is 14.1. The second-order valence-corrected chi connectivity index (χ2v) is 8.49. The molecule has 30 radical (unpaired) electrons. The molecule has 0 N–H and O–H groups in total. The van der Waals surface area contributed by atoms with Crippen molar-refractivity contribution in [1.82, 2.24) is 0 Å². The van der Waals surface area contributed by atoms with Crippen molar-refractivity contribution >= 4 is 224 Å². The standard InChI is InChI=1S/B30S/c1-17(2)25(18(3)4)29(26(19(5)6)20(7)8)30(27(21(9)10)22(11)12)28(23(13)14)24(15)16-31. The van der Waals surface area contributed by atoms with Gasteiger partial charge in [-0.15, -0.1) is 0 Å². The zero-order valence-corrected chi connectivity index (χ0v) is 18.5. The van der Waals surface area contributed by atoms with Gasteiger partial charge in [-0.1, -0.05) is 0 Å². The molecular formula is B30S. The monoisotopic (exact) mass is 362 g/mol. The maximum atomic E-state index is 6.27. The van der Waals surface area contributed by atoms with Gasteiger partial charge in [-0.2, -0.15) is 0 Å². The molecule has 0 aromatic heterocycles. The fourth-order valence-electron chi connectivity index (χ4n) is 4.71. The molecule has 0 saturated carbocycles. The molecule has 0 bridgehead atoms. The Kier molecular flexibility index (Phi) is 16.4. The summed E-state index contributed by atoms with van der Waals surface area (Å²) in [7, 11) is 91.2. The van der Waals surface area contributed by atoms with Gasteiger partial charge in [0.15, 0.2) is 0 Å². The third-order valence-corrected chi connectivity index (χ3v) is 6.25. The van der Waals surface area contributed by atoms with Crippen LogP contribution in [0.4, 0.5) is 0 Å². The first-order valence-corrected chi connectivity index (χ1v) is 10.4. The quantitative estimate of drug-likeness (QED) is 0.279. The average molecular weight is 356 g/mol. The van der Waals surface area contributed by atoms with Crippen molar-refractivity contribution < 1.29 is 0 Å². The van der Waals surface area contributed by atoms with Gasteiger partial charge in [0, 0.05) is 0 Å². The Morgan fingerprint density at radius 1 is 0.323 bits per heavy atom. The molecule has 0 aromatic carbocycles. The molecule has 0 unspecified atom stereocenters. The summed E-state index contributed by atoms with van der Waals surface area (Å²) in [5.41, 5.74) is 0. The van der Waals surface area contributed by atoms with E-state index in [1.54, 1.807) is 0 Å². The van der Waals surface area contributed by atoms with E-state index in [0.717, 1.165) is 0 Å². The molecule has 0 fully saturated rings. The van der Waals surface area contributed by atoms with Crippen molar-refractivity contribution in [3.8, 4) is 0 Å². The maximum absolute atomic E-state index is 6.27. The van der Waals surface area contributed by atoms with Gasteiger partial charge in [0.2, 0.25) is 0 Å². The zero-order chi connectivity index (χ0) is 24.8. The van der Waals surface area contributed by atoms with Crippen LogP contribution in [-0.2, 0) is 0 Å². The van der Waals surface area contributed by atoms with Gasteiger partial charge in [0.05, 0.1) is 0 Å². The third kappa shape index (κ3) is 9.28. The minimum absolute atomic E-state index is 0.795. The van der Waals surface area contributed by atoms with Crippen LogP contribution in [0, 0.1) is 0 Å². The van der Waals surface area contributed by atoms with Gasteiger partial charge < -0.3 is 0 Å². The molecule has 0 aliphatic heterocycles. The van der Waals surface area contributed by atoms with E-state index in [2.05, 4.69) is 0 Å². The fourth-order valence-corrected chi connectivity index (χ4v) is 4.89. The number of hydrogen-bond donors (Lipinski definition) is 0. The molecule has 0 rings (SSSR count). The molecule has 0 nitrogen and oxygen atoms in total. The van der Waals surface area contributed by atoms with Gasteiger partial charge in [-0.25, -0.2) is 0 Å². The molecule has 0 heterocycles. The summed E-state index contributed by atoms with van der Waals surface area (Å²) >= 11 is 5.05.